The number of benzene rings is 1. The zero-order valence-electron chi connectivity index (χ0n) is 11.9. The Kier molecular flexibility index (Phi) is 4.68. The molecule has 0 atom stereocenters. The molecule has 0 aliphatic heterocycles. The third-order valence-electron chi connectivity index (χ3n) is 2.57. The average molecular weight is 287 g/mol. The highest BCUT2D eigenvalue weighted by molar-refractivity contribution is 5.56. The minimum atomic E-state index is 0.00406. The van der Waals surface area contributed by atoms with Crippen molar-refractivity contribution >= 4 is 23.7 Å². The van der Waals surface area contributed by atoms with Gasteiger partial charge in [-0.3, -0.25) is 0 Å². The summed E-state index contributed by atoms with van der Waals surface area (Å²) in [5.74, 6) is 0.634. The van der Waals surface area contributed by atoms with E-state index in [2.05, 4.69) is 20.3 Å². The van der Waals surface area contributed by atoms with Crippen molar-refractivity contribution in [3.8, 4) is 0 Å². The summed E-state index contributed by atoms with van der Waals surface area (Å²) in [5.41, 5.74) is 7.63. The second-order valence-corrected chi connectivity index (χ2v) is 4.44. The van der Waals surface area contributed by atoms with Crippen LogP contribution in [0.3, 0.4) is 0 Å². The van der Waals surface area contributed by atoms with Crippen LogP contribution in [0.25, 0.3) is 6.08 Å². The van der Waals surface area contributed by atoms with Crippen molar-refractivity contribution in [2.75, 3.05) is 24.8 Å². The summed E-state index contributed by atoms with van der Waals surface area (Å²) in [7, 11) is 1.48. The first-order chi connectivity index (χ1) is 10.1. The third-order valence-corrected chi connectivity index (χ3v) is 2.57. The summed E-state index contributed by atoms with van der Waals surface area (Å²) in [5, 5.41) is 12.6. The molecule has 4 N–H and O–H groups in total. The fourth-order valence-electron chi connectivity index (χ4n) is 1.63. The summed E-state index contributed by atoms with van der Waals surface area (Å²) in [4.78, 5) is 12.1. The summed E-state index contributed by atoms with van der Waals surface area (Å²) in [6.07, 6.45) is 1.38. The Balaban J connectivity index is 2.22. The van der Waals surface area contributed by atoms with Crippen molar-refractivity contribution in [1.29, 1.82) is 0 Å². The first-order valence-corrected chi connectivity index (χ1v) is 6.30. The van der Waals surface area contributed by atoms with Gasteiger partial charge in [-0.05, 0) is 19.1 Å². The quantitative estimate of drug-likeness (QED) is 0.722. The second-order valence-electron chi connectivity index (χ2n) is 4.44. The number of aromatic nitrogens is 3. The smallest absolute Gasteiger partial charge is 0.232 e. The lowest BCUT2D eigenvalue weighted by atomic mass is 10.2. The molecule has 0 aliphatic carbocycles. The molecule has 2 rings (SSSR count). The lowest BCUT2D eigenvalue weighted by Crippen LogP contribution is -2.05. The van der Waals surface area contributed by atoms with E-state index in [9.17, 15) is 5.11 Å². The molecule has 7 nitrogen and oxygen atoms in total. The van der Waals surface area contributed by atoms with Gasteiger partial charge in [0.15, 0.2) is 5.82 Å². The Labute approximate surface area is 122 Å². The lowest BCUT2D eigenvalue weighted by Gasteiger charge is -2.06. The van der Waals surface area contributed by atoms with Crippen molar-refractivity contribution in [1.82, 2.24) is 15.0 Å². The van der Waals surface area contributed by atoms with Gasteiger partial charge in [0, 0.05) is 18.9 Å². The standard InChI is InChI=1S/C14H17N5O2/c1-9-3-5-10(6-4-9)16-14-18-12(17-13(15)19-14)7-11(20)8-21-2/h3-7,20H,8H2,1-2H3,(H3,15,16,17,18,19)/b11-7+. The Morgan fingerprint density at radius 3 is 2.67 bits per heavy atom. The summed E-state index contributed by atoms with van der Waals surface area (Å²) < 4.78 is 4.81. The first kappa shape index (κ1) is 14.7. The highest BCUT2D eigenvalue weighted by atomic mass is 16.5. The van der Waals surface area contributed by atoms with Gasteiger partial charge in [0.1, 0.15) is 12.4 Å². The van der Waals surface area contributed by atoms with Gasteiger partial charge in [0.2, 0.25) is 11.9 Å². The number of nitrogens with one attached hydrogen (secondary N) is 1. The van der Waals surface area contributed by atoms with E-state index < -0.39 is 0 Å². The molecule has 1 aromatic heterocycles. The van der Waals surface area contributed by atoms with E-state index in [1.807, 2.05) is 31.2 Å². The van der Waals surface area contributed by atoms with Gasteiger partial charge in [0.05, 0.1) is 0 Å². The van der Waals surface area contributed by atoms with Crippen LogP contribution in [0.5, 0.6) is 0 Å². The van der Waals surface area contributed by atoms with Crippen LogP contribution in [-0.2, 0) is 4.74 Å². The van der Waals surface area contributed by atoms with E-state index in [0.717, 1.165) is 11.3 Å². The molecule has 0 bridgehead atoms. The Morgan fingerprint density at radius 1 is 1.29 bits per heavy atom. The lowest BCUT2D eigenvalue weighted by molar-refractivity contribution is 0.185. The van der Waals surface area contributed by atoms with Crippen LogP contribution in [0, 0.1) is 6.92 Å². The van der Waals surface area contributed by atoms with Crippen LogP contribution < -0.4 is 11.1 Å². The minimum absolute atomic E-state index is 0.00406. The molecule has 0 aliphatic rings. The molecule has 0 amide bonds. The van der Waals surface area contributed by atoms with Crippen LogP contribution in [-0.4, -0.2) is 33.8 Å². The topological polar surface area (TPSA) is 106 Å². The molecule has 0 saturated carbocycles. The Bertz CT molecular complexity index is 640. The number of hydrogen-bond acceptors (Lipinski definition) is 7. The van der Waals surface area contributed by atoms with Crippen LogP contribution in [0.15, 0.2) is 30.0 Å². The van der Waals surface area contributed by atoms with Crippen LogP contribution in [0.4, 0.5) is 17.6 Å². The molecule has 7 heteroatoms. The predicted octanol–water partition coefficient (Wildman–Crippen LogP) is 2.05. The van der Waals surface area contributed by atoms with E-state index in [4.69, 9.17) is 10.5 Å². The Hall–Kier alpha value is -2.67. The van der Waals surface area contributed by atoms with Gasteiger partial charge in [-0.1, -0.05) is 17.7 Å². The Morgan fingerprint density at radius 2 is 2.00 bits per heavy atom. The number of nitrogens with zero attached hydrogens (tertiary/aromatic N) is 3. The largest absolute Gasteiger partial charge is 0.510 e. The highest BCUT2D eigenvalue weighted by Crippen LogP contribution is 2.14. The van der Waals surface area contributed by atoms with Gasteiger partial charge in [-0.2, -0.15) is 15.0 Å². The molecule has 21 heavy (non-hydrogen) atoms. The van der Waals surface area contributed by atoms with Crippen molar-refractivity contribution in [3.05, 3.63) is 41.4 Å². The SMILES string of the molecule is COC/C(O)=C\c1nc(N)nc(Nc2ccc(C)cc2)n1. The van der Waals surface area contributed by atoms with E-state index in [1.165, 1.54) is 13.2 Å². The zero-order valence-corrected chi connectivity index (χ0v) is 11.9. The fraction of sp³-hybridized carbons (Fsp3) is 0.214. The zero-order chi connectivity index (χ0) is 15.2. The number of nitrogen functional groups attached to an aromatic ring is 1. The number of anilines is 3. The highest BCUT2D eigenvalue weighted by Gasteiger charge is 2.04. The van der Waals surface area contributed by atoms with Gasteiger partial charge < -0.3 is 20.9 Å². The summed E-state index contributed by atoms with van der Waals surface area (Å²) >= 11 is 0. The molecule has 1 heterocycles. The van der Waals surface area contributed by atoms with Crippen LogP contribution in [0.2, 0.25) is 0 Å². The first-order valence-electron chi connectivity index (χ1n) is 6.30. The number of rotatable bonds is 5. The molecule has 1 aromatic carbocycles. The number of aryl methyl sites for hydroxylation is 1. The monoisotopic (exact) mass is 287 g/mol. The van der Waals surface area contributed by atoms with Crippen LogP contribution in [0.1, 0.15) is 11.4 Å². The number of ether oxygens (including phenoxy) is 1. The maximum atomic E-state index is 9.58. The van der Waals surface area contributed by atoms with Gasteiger partial charge in [0.25, 0.3) is 0 Å². The van der Waals surface area contributed by atoms with E-state index in [0.29, 0.717) is 5.95 Å². The molecule has 0 fully saturated rings. The summed E-state index contributed by atoms with van der Waals surface area (Å²) in [6.45, 7) is 2.08. The number of aliphatic hydroxyl groups excluding tert-OH is 1. The molecule has 0 saturated heterocycles. The van der Waals surface area contributed by atoms with E-state index >= 15 is 0 Å². The fourth-order valence-corrected chi connectivity index (χ4v) is 1.63. The number of methoxy groups -OCH3 is 1. The molecule has 110 valence electrons. The molecule has 0 unspecified atom stereocenters. The number of hydrogen-bond donors (Lipinski definition) is 3. The van der Waals surface area contributed by atoms with E-state index in [-0.39, 0.29) is 24.1 Å². The van der Waals surface area contributed by atoms with Crippen molar-refractivity contribution in [2.45, 2.75) is 6.92 Å². The van der Waals surface area contributed by atoms with Crippen LogP contribution >= 0.6 is 0 Å². The number of nitrogens with two attached hydrogens (primary N) is 1. The molecule has 0 spiro atoms. The summed E-state index contributed by atoms with van der Waals surface area (Å²) in [6, 6.07) is 7.76. The maximum absolute atomic E-state index is 9.58. The minimum Gasteiger partial charge on any atom is -0.510 e. The van der Waals surface area contributed by atoms with Gasteiger partial charge in [-0.25, -0.2) is 0 Å². The van der Waals surface area contributed by atoms with Crippen molar-refractivity contribution < 1.29 is 9.84 Å². The van der Waals surface area contributed by atoms with Gasteiger partial charge >= 0.3 is 0 Å². The molecule has 0 radical (unpaired) electrons. The van der Waals surface area contributed by atoms with Crippen molar-refractivity contribution in [3.63, 3.8) is 0 Å². The average Bonchev–Trinajstić information content (AvgIpc) is 2.41. The normalized spacial score (nSPS) is 11.4. The van der Waals surface area contributed by atoms with E-state index in [1.54, 1.807) is 0 Å². The molecular weight excluding hydrogens is 270 g/mol. The number of aliphatic hydroxyl groups is 1. The second kappa shape index (κ2) is 6.67. The molecule has 2 aromatic rings. The van der Waals surface area contributed by atoms with Gasteiger partial charge in [-0.15, -0.1) is 0 Å². The molecular formula is C14H17N5O2. The van der Waals surface area contributed by atoms with Crippen molar-refractivity contribution in [2.24, 2.45) is 0 Å². The predicted molar refractivity (Wildman–Crippen MR) is 81.2 cm³/mol. The maximum Gasteiger partial charge on any atom is 0.232 e. The third kappa shape index (κ3) is 4.43.